The molecular weight excluding hydrogens is 313 g/mol. The Hall–Kier alpha value is -1.26. The molecule has 1 fully saturated rings. The highest BCUT2D eigenvalue weighted by atomic mass is 35.5. The SMILES string of the molecule is O=C(CC1(C(=O)O)CCC1)NCCc1cccc(Cl)c1Cl. The number of rotatable bonds is 6. The van der Waals surface area contributed by atoms with Gasteiger partial charge in [-0.05, 0) is 30.9 Å². The Bertz CT molecular complexity index is 556. The second-order valence-corrected chi connectivity index (χ2v) is 6.21. The van der Waals surface area contributed by atoms with Crippen LogP contribution in [0.15, 0.2) is 18.2 Å². The Morgan fingerprint density at radius 3 is 2.57 bits per heavy atom. The number of carbonyl (C=O) groups is 2. The number of aliphatic carboxylic acids is 1. The fraction of sp³-hybridized carbons (Fsp3) is 0.467. The molecule has 2 N–H and O–H groups in total. The molecule has 0 aliphatic heterocycles. The molecule has 1 amide bonds. The van der Waals surface area contributed by atoms with Crippen LogP contribution in [0.3, 0.4) is 0 Å². The lowest BCUT2D eigenvalue weighted by molar-refractivity contribution is -0.157. The van der Waals surface area contributed by atoms with Crippen LogP contribution < -0.4 is 5.32 Å². The van der Waals surface area contributed by atoms with Gasteiger partial charge in [-0.3, -0.25) is 9.59 Å². The molecule has 0 saturated heterocycles. The summed E-state index contributed by atoms with van der Waals surface area (Å²) >= 11 is 12.0. The zero-order valence-electron chi connectivity index (χ0n) is 11.5. The Balaban J connectivity index is 1.82. The standard InChI is InChI=1S/C15H17Cl2NO3/c16-11-4-1-3-10(13(11)17)5-8-18-12(19)9-15(14(20)21)6-2-7-15/h1,3-4H,2,5-9H2,(H,18,19)(H,20,21). The van der Waals surface area contributed by atoms with E-state index >= 15 is 0 Å². The van der Waals surface area contributed by atoms with Crippen LogP contribution in [0.5, 0.6) is 0 Å². The fourth-order valence-electron chi connectivity index (χ4n) is 2.52. The lowest BCUT2D eigenvalue weighted by Crippen LogP contribution is -2.42. The van der Waals surface area contributed by atoms with E-state index in [0.29, 0.717) is 35.9 Å². The minimum Gasteiger partial charge on any atom is -0.481 e. The van der Waals surface area contributed by atoms with Crippen molar-refractivity contribution in [3.8, 4) is 0 Å². The van der Waals surface area contributed by atoms with Crippen molar-refractivity contribution in [3.63, 3.8) is 0 Å². The number of carboxylic acid groups (broad SMARTS) is 1. The van der Waals surface area contributed by atoms with Crippen molar-refractivity contribution >= 4 is 35.1 Å². The van der Waals surface area contributed by atoms with E-state index < -0.39 is 11.4 Å². The number of nitrogens with one attached hydrogen (secondary N) is 1. The van der Waals surface area contributed by atoms with Gasteiger partial charge in [0.1, 0.15) is 0 Å². The first kappa shape index (κ1) is 16.1. The third-order valence-electron chi connectivity index (χ3n) is 4.01. The minimum absolute atomic E-state index is 0.0472. The van der Waals surface area contributed by atoms with Gasteiger partial charge in [0.15, 0.2) is 0 Å². The number of hydrogen-bond acceptors (Lipinski definition) is 2. The Labute approximate surface area is 133 Å². The number of hydrogen-bond donors (Lipinski definition) is 2. The molecule has 1 aromatic carbocycles. The molecule has 1 aliphatic rings. The summed E-state index contributed by atoms with van der Waals surface area (Å²) in [5.74, 6) is -1.10. The minimum atomic E-state index is -0.873. The Morgan fingerprint density at radius 2 is 2.00 bits per heavy atom. The summed E-state index contributed by atoms with van der Waals surface area (Å²) in [7, 11) is 0. The number of amides is 1. The van der Waals surface area contributed by atoms with Gasteiger partial charge in [-0.25, -0.2) is 0 Å². The van der Waals surface area contributed by atoms with Gasteiger partial charge < -0.3 is 10.4 Å². The first-order chi connectivity index (χ1) is 9.94. The first-order valence-electron chi connectivity index (χ1n) is 6.88. The maximum Gasteiger partial charge on any atom is 0.310 e. The van der Waals surface area contributed by atoms with Crippen LogP contribution in [0.2, 0.25) is 10.0 Å². The molecule has 0 aromatic heterocycles. The van der Waals surface area contributed by atoms with Crippen molar-refractivity contribution in [2.24, 2.45) is 5.41 Å². The molecule has 1 saturated carbocycles. The van der Waals surface area contributed by atoms with Crippen LogP contribution >= 0.6 is 23.2 Å². The number of carbonyl (C=O) groups excluding carboxylic acids is 1. The molecule has 0 spiro atoms. The van der Waals surface area contributed by atoms with E-state index in [9.17, 15) is 14.7 Å². The van der Waals surface area contributed by atoms with Gasteiger partial charge in [0.2, 0.25) is 5.91 Å². The lowest BCUT2D eigenvalue weighted by Gasteiger charge is -2.36. The highest BCUT2D eigenvalue weighted by molar-refractivity contribution is 6.42. The number of carboxylic acids is 1. The van der Waals surface area contributed by atoms with Crippen molar-refractivity contribution in [2.75, 3.05) is 6.54 Å². The second kappa shape index (κ2) is 6.67. The molecule has 0 unspecified atom stereocenters. The monoisotopic (exact) mass is 329 g/mol. The number of benzene rings is 1. The van der Waals surface area contributed by atoms with E-state index in [2.05, 4.69) is 5.32 Å². The van der Waals surface area contributed by atoms with E-state index in [4.69, 9.17) is 23.2 Å². The zero-order valence-corrected chi connectivity index (χ0v) is 13.0. The quantitative estimate of drug-likeness (QED) is 0.841. The van der Waals surface area contributed by atoms with Crippen molar-refractivity contribution < 1.29 is 14.7 Å². The van der Waals surface area contributed by atoms with Crippen molar-refractivity contribution in [1.29, 1.82) is 0 Å². The molecule has 1 aliphatic carbocycles. The van der Waals surface area contributed by atoms with E-state index in [1.165, 1.54) is 0 Å². The third-order valence-corrected chi connectivity index (χ3v) is 4.87. The molecule has 0 radical (unpaired) electrons. The Kier molecular flexibility index (Phi) is 5.12. The smallest absolute Gasteiger partial charge is 0.310 e. The van der Waals surface area contributed by atoms with E-state index in [1.807, 2.05) is 6.07 Å². The van der Waals surface area contributed by atoms with Crippen LogP contribution in [0.4, 0.5) is 0 Å². The Morgan fingerprint density at radius 1 is 1.29 bits per heavy atom. The van der Waals surface area contributed by atoms with Crippen molar-refractivity contribution in [3.05, 3.63) is 33.8 Å². The van der Waals surface area contributed by atoms with Gasteiger partial charge in [0.25, 0.3) is 0 Å². The van der Waals surface area contributed by atoms with Crippen molar-refractivity contribution in [2.45, 2.75) is 32.1 Å². The summed E-state index contributed by atoms with van der Waals surface area (Å²) in [6.45, 7) is 0.411. The molecule has 0 atom stereocenters. The van der Waals surface area contributed by atoms with Gasteiger partial charge in [-0.1, -0.05) is 41.8 Å². The molecule has 1 aromatic rings. The van der Waals surface area contributed by atoms with Gasteiger partial charge in [-0.2, -0.15) is 0 Å². The predicted octanol–water partition coefficient (Wildman–Crippen LogP) is 3.30. The highest BCUT2D eigenvalue weighted by Crippen LogP contribution is 2.44. The average Bonchev–Trinajstić information content (AvgIpc) is 2.38. The molecule has 114 valence electrons. The molecule has 6 heteroatoms. The molecular formula is C15H17Cl2NO3. The van der Waals surface area contributed by atoms with E-state index in [0.717, 1.165) is 12.0 Å². The van der Waals surface area contributed by atoms with Crippen LogP contribution in [0.25, 0.3) is 0 Å². The molecule has 21 heavy (non-hydrogen) atoms. The van der Waals surface area contributed by atoms with E-state index in [-0.39, 0.29) is 12.3 Å². The van der Waals surface area contributed by atoms with Crippen molar-refractivity contribution in [1.82, 2.24) is 5.32 Å². The van der Waals surface area contributed by atoms with Gasteiger partial charge in [0.05, 0.1) is 15.5 Å². The summed E-state index contributed by atoms with van der Waals surface area (Å²) in [5, 5.41) is 12.9. The highest BCUT2D eigenvalue weighted by Gasteiger charge is 2.45. The van der Waals surface area contributed by atoms with E-state index in [1.54, 1.807) is 12.1 Å². The largest absolute Gasteiger partial charge is 0.481 e. The first-order valence-corrected chi connectivity index (χ1v) is 7.63. The summed E-state index contributed by atoms with van der Waals surface area (Å²) in [5.41, 5.74) is 0.0127. The van der Waals surface area contributed by atoms with Gasteiger partial charge in [0, 0.05) is 13.0 Å². The third kappa shape index (κ3) is 3.69. The summed E-state index contributed by atoms with van der Waals surface area (Å²) in [6.07, 6.45) is 2.64. The maximum atomic E-state index is 11.9. The van der Waals surface area contributed by atoms with Crippen LogP contribution in [0, 0.1) is 5.41 Å². The predicted molar refractivity (Wildman–Crippen MR) is 81.7 cm³/mol. The zero-order chi connectivity index (χ0) is 15.5. The summed E-state index contributed by atoms with van der Waals surface area (Å²) < 4.78 is 0. The molecule has 4 nitrogen and oxygen atoms in total. The maximum absolute atomic E-state index is 11.9. The van der Waals surface area contributed by atoms with Gasteiger partial charge in [-0.15, -0.1) is 0 Å². The fourth-order valence-corrected chi connectivity index (χ4v) is 2.93. The molecule has 0 heterocycles. The normalized spacial score (nSPS) is 16.1. The van der Waals surface area contributed by atoms with Crippen LogP contribution in [0.1, 0.15) is 31.2 Å². The van der Waals surface area contributed by atoms with Crippen LogP contribution in [-0.2, 0) is 16.0 Å². The lowest BCUT2D eigenvalue weighted by atomic mass is 9.66. The summed E-state index contributed by atoms with van der Waals surface area (Å²) in [4.78, 5) is 23.1. The van der Waals surface area contributed by atoms with Gasteiger partial charge >= 0.3 is 5.97 Å². The topological polar surface area (TPSA) is 66.4 Å². The average molecular weight is 330 g/mol. The second-order valence-electron chi connectivity index (χ2n) is 5.43. The summed E-state index contributed by atoms with van der Waals surface area (Å²) in [6, 6.07) is 5.36. The molecule has 2 rings (SSSR count). The molecule has 0 bridgehead atoms. The number of halogens is 2. The van der Waals surface area contributed by atoms with Crippen LogP contribution in [-0.4, -0.2) is 23.5 Å².